The molecule has 2 rings (SSSR count). The van der Waals surface area contributed by atoms with Crippen LogP contribution in [0.25, 0.3) is 0 Å². The Balaban J connectivity index is 2.33. The minimum Gasteiger partial charge on any atom is -0.318 e. The van der Waals surface area contributed by atoms with Crippen LogP contribution in [-0.2, 0) is 0 Å². The van der Waals surface area contributed by atoms with Crippen molar-refractivity contribution in [1.29, 1.82) is 0 Å². The van der Waals surface area contributed by atoms with Gasteiger partial charge in [-0.05, 0) is 30.2 Å². The number of hydrogen-bond donors (Lipinski definition) is 1. The standard InChI is InChI=1S/C12H11F2N3/c1-7-5-16-12(17-6-7)11(15)8-2-3-9(13)10(14)4-8/h2-6,11H,15H2,1H3. The van der Waals surface area contributed by atoms with Crippen molar-refractivity contribution in [3.05, 3.63) is 59.2 Å². The zero-order chi connectivity index (χ0) is 12.4. The molecule has 1 unspecified atom stereocenters. The fourth-order valence-corrected chi connectivity index (χ4v) is 1.42. The van der Waals surface area contributed by atoms with Crippen LogP contribution in [0.2, 0.25) is 0 Å². The summed E-state index contributed by atoms with van der Waals surface area (Å²) in [4.78, 5) is 8.11. The Kier molecular flexibility index (Phi) is 3.10. The largest absolute Gasteiger partial charge is 0.318 e. The second-order valence-corrected chi connectivity index (χ2v) is 3.77. The van der Waals surface area contributed by atoms with Gasteiger partial charge in [0, 0.05) is 12.4 Å². The van der Waals surface area contributed by atoms with E-state index in [-0.39, 0.29) is 0 Å². The van der Waals surface area contributed by atoms with Crippen molar-refractivity contribution in [2.45, 2.75) is 13.0 Å². The molecule has 0 aliphatic carbocycles. The average molecular weight is 235 g/mol. The van der Waals surface area contributed by atoms with Gasteiger partial charge in [-0.1, -0.05) is 6.07 Å². The molecule has 17 heavy (non-hydrogen) atoms. The summed E-state index contributed by atoms with van der Waals surface area (Å²) in [6.45, 7) is 1.85. The summed E-state index contributed by atoms with van der Waals surface area (Å²) in [6, 6.07) is 2.86. The first-order chi connectivity index (χ1) is 8.08. The van der Waals surface area contributed by atoms with Crippen LogP contribution in [-0.4, -0.2) is 9.97 Å². The number of halogens is 2. The molecule has 0 aliphatic heterocycles. The van der Waals surface area contributed by atoms with Gasteiger partial charge >= 0.3 is 0 Å². The van der Waals surface area contributed by atoms with Gasteiger partial charge in [0.15, 0.2) is 11.6 Å². The van der Waals surface area contributed by atoms with Gasteiger partial charge in [0.25, 0.3) is 0 Å². The number of aromatic nitrogens is 2. The topological polar surface area (TPSA) is 51.8 Å². The first-order valence-electron chi connectivity index (χ1n) is 5.07. The lowest BCUT2D eigenvalue weighted by molar-refractivity contribution is 0.506. The van der Waals surface area contributed by atoms with E-state index in [0.717, 1.165) is 17.7 Å². The van der Waals surface area contributed by atoms with E-state index >= 15 is 0 Å². The number of nitrogens with two attached hydrogens (primary N) is 1. The van der Waals surface area contributed by atoms with Crippen LogP contribution in [0.1, 0.15) is 23.0 Å². The second-order valence-electron chi connectivity index (χ2n) is 3.77. The van der Waals surface area contributed by atoms with Gasteiger partial charge in [-0.2, -0.15) is 0 Å². The Labute approximate surface area is 97.3 Å². The van der Waals surface area contributed by atoms with Crippen molar-refractivity contribution >= 4 is 0 Å². The molecule has 3 nitrogen and oxygen atoms in total. The number of benzene rings is 1. The van der Waals surface area contributed by atoms with Crippen LogP contribution >= 0.6 is 0 Å². The highest BCUT2D eigenvalue weighted by Gasteiger charge is 2.13. The van der Waals surface area contributed by atoms with E-state index in [9.17, 15) is 8.78 Å². The molecule has 5 heteroatoms. The number of hydrogen-bond acceptors (Lipinski definition) is 3. The molecule has 0 spiro atoms. The minimum atomic E-state index is -0.926. The molecule has 1 aromatic heterocycles. The molecular weight excluding hydrogens is 224 g/mol. The Bertz CT molecular complexity index is 526. The zero-order valence-electron chi connectivity index (χ0n) is 9.19. The Morgan fingerprint density at radius 3 is 2.35 bits per heavy atom. The molecule has 0 saturated heterocycles. The van der Waals surface area contributed by atoms with Crippen LogP contribution in [0.4, 0.5) is 8.78 Å². The summed E-state index contributed by atoms with van der Waals surface area (Å²) >= 11 is 0. The normalized spacial score (nSPS) is 12.5. The monoisotopic (exact) mass is 235 g/mol. The summed E-state index contributed by atoms with van der Waals surface area (Å²) in [7, 11) is 0. The number of aryl methyl sites for hydroxylation is 1. The van der Waals surface area contributed by atoms with Gasteiger partial charge in [-0.15, -0.1) is 0 Å². The van der Waals surface area contributed by atoms with Crippen molar-refractivity contribution in [2.24, 2.45) is 5.73 Å². The molecule has 1 heterocycles. The van der Waals surface area contributed by atoms with E-state index in [0.29, 0.717) is 11.4 Å². The lowest BCUT2D eigenvalue weighted by Crippen LogP contribution is -2.15. The maximum absolute atomic E-state index is 13.0. The fourth-order valence-electron chi connectivity index (χ4n) is 1.42. The summed E-state index contributed by atoms with van der Waals surface area (Å²) in [5, 5.41) is 0. The fraction of sp³-hybridized carbons (Fsp3) is 0.167. The zero-order valence-corrected chi connectivity index (χ0v) is 9.19. The molecule has 0 bridgehead atoms. The van der Waals surface area contributed by atoms with E-state index in [2.05, 4.69) is 9.97 Å². The second kappa shape index (κ2) is 4.55. The molecule has 0 fully saturated rings. The van der Waals surface area contributed by atoms with Crippen LogP contribution in [0.3, 0.4) is 0 Å². The van der Waals surface area contributed by atoms with Crippen LogP contribution in [0.15, 0.2) is 30.6 Å². The summed E-state index contributed by atoms with van der Waals surface area (Å²) in [6.07, 6.45) is 3.25. The average Bonchev–Trinajstić information content (AvgIpc) is 2.33. The highest BCUT2D eigenvalue weighted by Crippen LogP contribution is 2.18. The van der Waals surface area contributed by atoms with Gasteiger partial charge in [0.2, 0.25) is 0 Å². The van der Waals surface area contributed by atoms with Crippen molar-refractivity contribution < 1.29 is 8.78 Å². The third-order valence-electron chi connectivity index (χ3n) is 2.38. The van der Waals surface area contributed by atoms with Gasteiger partial charge in [-0.3, -0.25) is 0 Å². The van der Waals surface area contributed by atoms with E-state index in [1.54, 1.807) is 12.4 Å². The van der Waals surface area contributed by atoms with Gasteiger partial charge in [-0.25, -0.2) is 18.7 Å². The molecule has 1 atom stereocenters. The van der Waals surface area contributed by atoms with Crippen LogP contribution < -0.4 is 5.73 Å². The van der Waals surface area contributed by atoms with Crippen molar-refractivity contribution in [1.82, 2.24) is 9.97 Å². The molecule has 0 radical (unpaired) electrons. The third-order valence-corrected chi connectivity index (χ3v) is 2.38. The molecular formula is C12H11F2N3. The predicted molar refractivity (Wildman–Crippen MR) is 59.2 cm³/mol. The maximum Gasteiger partial charge on any atom is 0.159 e. The van der Waals surface area contributed by atoms with Crippen LogP contribution in [0, 0.1) is 18.6 Å². The van der Waals surface area contributed by atoms with Gasteiger partial charge in [0.1, 0.15) is 5.82 Å². The Morgan fingerprint density at radius 2 is 1.76 bits per heavy atom. The van der Waals surface area contributed by atoms with E-state index in [1.165, 1.54) is 6.07 Å². The molecule has 2 aromatic rings. The molecule has 0 aliphatic rings. The van der Waals surface area contributed by atoms with E-state index < -0.39 is 17.7 Å². The lowest BCUT2D eigenvalue weighted by Gasteiger charge is -2.10. The summed E-state index contributed by atoms with van der Waals surface area (Å²) in [5.74, 6) is -1.45. The van der Waals surface area contributed by atoms with Crippen molar-refractivity contribution in [2.75, 3.05) is 0 Å². The van der Waals surface area contributed by atoms with Crippen molar-refractivity contribution in [3.8, 4) is 0 Å². The number of nitrogens with zero attached hydrogens (tertiary/aromatic N) is 2. The van der Waals surface area contributed by atoms with Gasteiger partial charge in [0.05, 0.1) is 6.04 Å². The van der Waals surface area contributed by atoms with E-state index in [4.69, 9.17) is 5.73 Å². The molecule has 1 aromatic carbocycles. The maximum atomic E-state index is 13.0. The van der Waals surface area contributed by atoms with Crippen LogP contribution in [0.5, 0.6) is 0 Å². The predicted octanol–water partition coefficient (Wildman–Crippen LogP) is 2.11. The van der Waals surface area contributed by atoms with E-state index in [1.807, 2.05) is 6.92 Å². The number of rotatable bonds is 2. The minimum absolute atomic E-state index is 0.376. The first-order valence-corrected chi connectivity index (χ1v) is 5.07. The SMILES string of the molecule is Cc1cnc(C(N)c2ccc(F)c(F)c2)nc1. The summed E-state index contributed by atoms with van der Waals surface area (Å²) in [5.41, 5.74) is 7.22. The summed E-state index contributed by atoms with van der Waals surface area (Å²) < 4.78 is 25.8. The highest BCUT2D eigenvalue weighted by atomic mass is 19.2. The smallest absolute Gasteiger partial charge is 0.159 e. The highest BCUT2D eigenvalue weighted by molar-refractivity contribution is 5.25. The molecule has 0 amide bonds. The lowest BCUT2D eigenvalue weighted by atomic mass is 10.1. The van der Waals surface area contributed by atoms with Gasteiger partial charge < -0.3 is 5.73 Å². The Morgan fingerprint density at radius 1 is 1.12 bits per heavy atom. The van der Waals surface area contributed by atoms with Crippen molar-refractivity contribution in [3.63, 3.8) is 0 Å². The first kappa shape index (κ1) is 11.6. The quantitative estimate of drug-likeness (QED) is 0.867. The Hall–Kier alpha value is -1.88. The molecule has 0 saturated carbocycles. The molecule has 2 N–H and O–H groups in total. The third kappa shape index (κ3) is 2.45. The molecule has 88 valence electrons.